The van der Waals surface area contributed by atoms with E-state index in [1.165, 1.54) is 4.88 Å². The first kappa shape index (κ1) is 24.0. The van der Waals surface area contributed by atoms with Gasteiger partial charge in [0, 0.05) is 47.9 Å². The summed E-state index contributed by atoms with van der Waals surface area (Å²) in [5, 5.41) is 4.22. The van der Waals surface area contributed by atoms with Gasteiger partial charge in [-0.3, -0.25) is 4.79 Å². The molecule has 1 fully saturated rings. The quantitative estimate of drug-likeness (QED) is 0.364. The standard InChI is InChI=1S/C29H30N4O2S/c1-21-27(23-6-4-3-5-7-23)31-29(36-21)33(25-12-14-26(35-2)15-13-25)20-22-8-10-24(11-9-22)28(34)32-18-16-30-17-19-32/h3-15,30H,16-20H2,1-2H3. The van der Waals surface area contributed by atoms with Crippen LogP contribution in [0.3, 0.4) is 0 Å². The summed E-state index contributed by atoms with van der Waals surface area (Å²) < 4.78 is 5.37. The first-order valence-electron chi connectivity index (χ1n) is 12.2. The van der Waals surface area contributed by atoms with Gasteiger partial charge in [0.1, 0.15) is 5.75 Å². The van der Waals surface area contributed by atoms with Crippen LogP contribution in [0.5, 0.6) is 5.75 Å². The van der Waals surface area contributed by atoms with E-state index in [4.69, 9.17) is 9.72 Å². The second-order valence-corrected chi connectivity index (χ2v) is 9.97. The maximum atomic E-state index is 12.9. The molecule has 0 aliphatic carbocycles. The lowest BCUT2D eigenvalue weighted by molar-refractivity contribution is 0.0736. The molecule has 184 valence electrons. The molecular formula is C29H30N4O2S. The van der Waals surface area contributed by atoms with E-state index in [9.17, 15) is 4.79 Å². The number of thiazole rings is 1. The van der Waals surface area contributed by atoms with Crippen LogP contribution in [-0.4, -0.2) is 49.1 Å². The van der Waals surface area contributed by atoms with Crippen molar-refractivity contribution in [1.82, 2.24) is 15.2 Å². The van der Waals surface area contributed by atoms with E-state index in [0.717, 1.165) is 65.1 Å². The highest BCUT2D eigenvalue weighted by Gasteiger charge is 2.20. The summed E-state index contributed by atoms with van der Waals surface area (Å²) in [6, 6.07) is 26.3. The molecule has 1 saturated heterocycles. The summed E-state index contributed by atoms with van der Waals surface area (Å²) in [5.41, 5.74) is 4.99. The summed E-state index contributed by atoms with van der Waals surface area (Å²) in [6.07, 6.45) is 0. The molecule has 1 aromatic heterocycles. The Morgan fingerprint density at radius 3 is 2.36 bits per heavy atom. The van der Waals surface area contributed by atoms with E-state index in [1.807, 2.05) is 59.5 Å². The zero-order chi connectivity index (χ0) is 24.9. The number of methoxy groups -OCH3 is 1. The fourth-order valence-corrected chi connectivity index (χ4v) is 5.33. The molecule has 4 aromatic rings. The zero-order valence-electron chi connectivity index (χ0n) is 20.6. The summed E-state index contributed by atoms with van der Waals surface area (Å²) in [5.74, 6) is 0.910. The van der Waals surface area contributed by atoms with E-state index >= 15 is 0 Å². The van der Waals surface area contributed by atoms with Gasteiger partial charge >= 0.3 is 0 Å². The number of anilines is 2. The fraction of sp³-hybridized carbons (Fsp3) is 0.241. The number of rotatable bonds is 7. The smallest absolute Gasteiger partial charge is 0.253 e. The number of benzene rings is 3. The van der Waals surface area contributed by atoms with Crippen molar-refractivity contribution in [2.24, 2.45) is 0 Å². The van der Waals surface area contributed by atoms with Crippen LogP contribution < -0.4 is 15.0 Å². The maximum Gasteiger partial charge on any atom is 0.253 e. The molecule has 0 unspecified atom stereocenters. The molecule has 0 saturated carbocycles. The lowest BCUT2D eigenvalue weighted by atomic mass is 10.1. The molecular weight excluding hydrogens is 468 g/mol. The van der Waals surface area contributed by atoms with Crippen molar-refractivity contribution >= 4 is 28.1 Å². The van der Waals surface area contributed by atoms with Crippen LogP contribution in [0.1, 0.15) is 20.8 Å². The maximum absolute atomic E-state index is 12.9. The van der Waals surface area contributed by atoms with E-state index in [2.05, 4.69) is 41.4 Å². The summed E-state index contributed by atoms with van der Waals surface area (Å²) in [7, 11) is 1.67. The fourth-order valence-electron chi connectivity index (χ4n) is 4.38. The van der Waals surface area contributed by atoms with Gasteiger partial charge in [-0.1, -0.05) is 42.5 Å². The number of aryl methyl sites for hydroxylation is 1. The predicted octanol–water partition coefficient (Wildman–Crippen LogP) is 5.51. The normalized spacial score (nSPS) is 13.4. The lowest BCUT2D eigenvalue weighted by Gasteiger charge is -2.27. The number of amides is 1. The Morgan fingerprint density at radius 2 is 1.69 bits per heavy atom. The minimum Gasteiger partial charge on any atom is -0.497 e. The first-order valence-corrected chi connectivity index (χ1v) is 13.0. The topological polar surface area (TPSA) is 57.7 Å². The Balaban J connectivity index is 1.43. The van der Waals surface area contributed by atoms with Gasteiger partial charge in [-0.25, -0.2) is 4.98 Å². The van der Waals surface area contributed by atoms with Gasteiger partial charge in [-0.15, -0.1) is 11.3 Å². The number of nitrogens with one attached hydrogen (secondary N) is 1. The minimum atomic E-state index is 0.0955. The Hall–Kier alpha value is -3.68. The molecule has 0 radical (unpaired) electrons. The third-order valence-corrected chi connectivity index (χ3v) is 7.39. The monoisotopic (exact) mass is 498 g/mol. The van der Waals surface area contributed by atoms with Crippen LogP contribution >= 0.6 is 11.3 Å². The molecule has 1 aliphatic heterocycles. The van der Waals surface area contributed by atoms with Crippen molar-refractivity contribution in [3.63, 3.8) is 0 Å². The van der Waals surface area contributed by atoms with Gasteiger partial charge in [0.2, 0.25) is 0 Å². The van der Waals surface area contributed by atoms with Crippen molar-refractivity contribution < 1.29 is 9.53 Å². The summed E-state index contributed by atoms with van der Waals surface area (Å²) in [4.78, 5) is 23.2. The number of ether oxygens (including phenoxy) is 1. The van der Waals surface area contributed by atoms with Crippen LogP contribution in [0, 0.1) is 6.92 Å². The highest BCUT2D eigenvalue weighted by atomic mass is 32.1. The van der Waals surface area contributed by atoms with Gasteiger partial charge in [0.05, 0.1) is 19.3 Å². The molecule has 1 aliphatic rings. The molecule has 0 atom stereocenters. The van der Waals surface area contributed by atoms with Crippen LogP contribution in [0.4, 0.5) is 10.8 Å². The van der Waals surface area contributed by atoms with Crippen LogP contribution in [0.25, 0.3) is 11.3 Å². The van der Waals surface area contributed by atoms with Gasteiger partial charge in [0.25, 0.3) is 5.91 Å². The third kappa shape index (κ3) is 5.27. The highest BCUT2D eigenvalue weighted by Crippen LogP contribution is 2.37. The Morgan fingerprint density at radius 1 is 1.00 bits per heavy atom. The van der Waals surface area contributed by atoms with Crippen LogP contribution in [0.15, 0.2) is 78.9 Å². The molecule has 5 rings (SSSR count). The molecule has 36 heavy (non-hydrogen) atoms. The second kappa shape index (κ2) is 10.9. The van der Waals surface area contributed by atoms with Crippen molar-refractivity contribution in [3.8, 4) is 17.0 Å². The average molecular weight is 499 g/mol. The van der Waals surface area contributed by atoms with E-state index < -0.39 is 0 Å². The minimum absolute atomic E-state index is 0.0955. The largest absolute Gasteiger partial charge is 0.497 e. The zero-order valence-corrected chi connectivity index (χ0v) is 21.4. The van der Waals surface area contributed by atoms with E-state index in [1.54, 1.807) is 18.4 Å². The lowest BCUT2D eigenvalue weighted by Crippen LogP contribution is -2.46. The van der Waals surface area contributed by atoms with Crippen LogP contribution in [0.2, 0.25) is 0 Å². The molecule has 1 amide bonds. The second-order valence-electron chi connectivity index (χ2n) is 8.79. The SMILES string of the molecule is COc1ccc(N(Cc2ccc(C(=O)N3CCNCC3)cc2)c2nc(-c3ccccc3)c(C)s2)cc1. The molecule has 0 bridgehead atoms. The summed E-state index contributed by atoms with van der Waals surface area (Å²) in [6.45, 7) is 5.94. The number of nitrogens with zero attached hydrogens (tertiary/aromatic N) is 3. The Labute approximate surface area is 216 Å². The van der Waals surface area contributed by atoms with Gasteiger partial charge in [0.15, 0.2) is 5.13 Å². The molecule has 7 heteroatoms. The molecule has 0 spiro atoms. The Bertz CT molecular complexity index is 1300. The van der Waals surface area contributed by atoms with Crippen LogP contribution in [-0.2, 0) is 6.54 Å². The predicted molar refractivity (Wildman–Crippen MR) is 146 cm³/mol. The van der Waals surface area contributed by atoms with E-state index in [0.29, 0.717) is 6.54 Å². The number of piperazine rings is 1. The molecule has 2 heterocycles. The number of carbonyl (C=O) groups excluding carboxylic acids is 1. The number of aromatic nitrogens is 1. The Kier molecular flexibility index (Phi) is 7.30. The summed E-state index contributed by atoms with van der Waals surface area (Å²) >= 11 is 1.69. The number of hydrogen-bond acceptors (Lipinski definition) is 6. The third-order valence-electron chi connectivity index (χ3n) is 6.39. The first-order chi connectivity index (χ1) is 17.6. The number of carbonyl (C=O) groups is 1. The van der Waals surface area contributed by atoms with Crippen molar-refractivity contribution in [2.45, 2.75) is 13.5 Å². The highest BCUT2D eigenvalue weighted by molar-refractivity contribution is 7.16. The van der Waals surface area contributed by atoms with Gasteiger partial charge < -0.3 is 19.9 Å². The van der Waals surface area contributed by atoms with Gasteiger partial charge in [-0.05, 0) is 48.9 Å². The molecule has 6 nitrogen and oxygen atoms in total. The van der Waals surface area contributed by atoms with Crippen molar-refractivity contribution in [1.29, 1.82) is 0 Å². The van der Waals surface area contributed by atoms with E-state index in [-0.39, 0.29) is 5.91 Å². The molecule has 1 N–H and O–H groups in total. The van der Waals surface area contributed by atoms with Gasteiger partial charge in [-0.2, -0.15) is 0 Å². The van der Waals surface area contributed by atoms with Crippen molar-refractivity contribution in [2.75, 3.05) is 38.2 Å². The van der Waals surface area contributed by atoms with Crippen molar-refractivity contribution in [3.05, 3.63) is 94.9 Å². The molecule has 3 aromatic carbocycles. The average Bonchev–Trinajstić information content (AvgIpc) is 3.34. The number of hydrogen-bond donors (Lipinski definition) is 1.